The van der Waals surface area contributed by atoms with Crippen LogP contribution in [0.3, 0.4) is 0 Å². The molecule has 3 N–H and O–H groups in total. The summed E-state index contributed by atoms with van der Waals surface area (Å²) in [6.07, 6.45) is 2.51. The Morgan fingerprint density at radius 3 is 2.67 bits per heavy atom. The summed E-state index contributed by atoms with van der Waals surface area (Å²) < 4.78 is 5.80. The number of ether oxygens (including phenoxy) is 1. The van der Waals surface area contributed by atoms with Gasteiger partial charge in [-0.25, -0.2) is 0 Å². The van der Waals surface area contributed by atoms with Crippen LogP contribution >= 0.6 is 0 Å². The topological polar surface area (TPSA) is 59.1 Å². The summed E-state index contributed by atoms with van der Waals surface area (Å²) in [6, 6.07) is 6.40. The van der Waals surface area contributed by atoms with E-state index in [-0.39, 0.29) is 5.84 Å². The van der Waals surface area contributed by atoms with E-state index in [1.54, 1.807) is 0 Å². The molecule has 0 spiro atoms. The van der Waals surface area contributed by atoms with E-state index in [9.17, 15) is 0 Å². The lowest BCUT2D eigenvalue weighted by molar-refractivity contribution is 0.305. The molecule has 100 valence electrons. The first-order valence-electron chi connectivity index (χ1n) is 6.57. The minimum absolute atomic E-state index is 0.257. The molecular formula is C15H24N2O. The zero-order chi connectivity index (χ0) is 13.5. The van der Waals surface area contributed by atoms with Crippen LogP contribution in [0.2, 0.25) is 0 Å². The second-order valence-electron chi connectivity index (χ2n) is 5.01. The standard InChI is InChI=1S/C15H24N2O/c1-11(2)13-8-7-12(3)14(10-13)18-9-5-4-6-15(16)17/h7-8,10-11H,4-6,9H2,1-3H3,(H3,16,17). The maximum Gasteiger partial charge on any atom is 0.122 e. The number of nitrogens with two attached hydrogens (primary N) is 1. The van der Waals surface area contributed by atoms with E-state index in [1.165, 1.54) is 11.1 Å². The van der Waals surface area contributed by atoms with E-state index < -0.39 is 0 Å². The van der Waals surface area contributed by atoms with Gasteiger partial charge in [-0.2, -0.15) is 0 Å². The zero-order valence-corrected chi connectivity index (χ0v) is 11.6. The fourth-order valence-corrected chi connectivity index (χ4v) is 1.73. The summed E-state index contributed by atoms with van der Waals surface area (Å²) in [4.78, 5) is 0. The first-order chi connectivity index (χ1) is 8.50. The average Bonchev–Trinajstić information content (AvgIpc) is 2.30. The molecule has 0 amide bonds. The molecule has 0 aliphatic carbocycles. The van der Waals surface area contributed by atoms with Gasteiger partial charge in [-0.05, 0) is 42.9 Å². The van der Waals surface area contributed by atoms with Crippen LogP contribution in [-0.2, 0) is 0 Å². The first-order valence-corrected chi connectivity index (χ1v) is 6.57. The quantitative estimate of drug-likeness (QED) is 0.440. The molecule has 0 fully saturated rings. The zero-order valence-electron chi connectivity index (χ0n) is 11.6. The number of benzene rings is 1. The predicted molar refractivity (Wildman–Crippen MR) is 76.5 cm³/mol. The van der Waals surface area contributed by atoms with Crippen LogP contribution < -0.4 is 10.5 Å². The molecule has 0 bridgehead atoms. The average molecular weight is 248 g/mol. The van der Waals surface area contributed by atoms with Crippen LogP contribution in [-0.4, -0.2) is 12.4 Å². The number of nitrogens with one attached hydrogen (secondary N) is 1. The molecule has 0 aromatic heterocycles. The van der Waals surface area contributed by atoms with Crippen molar-refractivity contribution in [3.63, 3.8) is 0 Å². The second-order valence-corrected chi connectivity index (χ2v) is 5.01. The maximum absolute atomic E-state index is 7.14. The number of hydrogen-bond acceptors (Lipinski definition) is 2. The molecule has 0 saturated heterocycles. The highest BCUT2D eigenvalue weighted by Gasteiger charge is 2.04. The Balaban J connectivity index is 2.46. The fraction of sp³-hybridized carbons (Fsp3) is 0.533. The van der Waals surface area contributed by atoms with E-state index in [4.69, 9.17) is 15.9 Å². The lowest BCUT2D eigenvalue weighted by Gasteiger charge is -2.12. The molecule has 0 heterocycles. The second kappa shape index (κ2) is 7.04. The van der Waals surface area contributed by atoms with E-state index in [1.807, 2.05) is 0 Å². The molecule has 0 radical (unpaired) electrons. The molecule has 18 heavy (non-hydrogen) atoms. The van der Waals surface area contributed by atoms with E-state index in [0.717, 1.165) is 18.6 Å². The normalized spacial score (nSPS) is 10.7. The van der Waals surface area contributed by atoms with Gasteiger partial charge < -0.3 is 10.5 Å². The van der Waals surface area contributed by atoms with Crippen molar-refractivity contribution in [2.24, 2.45) is 5.73 Å². The fourth-order valence-electron chi connectivity index (χ4n) is 1.73. The first kappa shape index (κ1) is 14.6. The molecule has 0 aliphatic heterocycles. The third-order valence-electron chi connectivity index (χ3n) is 2.98. The largest absolute Gasteiger partial charge is 0.493 e. The monoisotopic (exact) mass is 248 g/mol. The Kier molecular flexibility index (Phi) is 5.69. The highest BCUT2D eigenvalue weighted by atomic mass is 16.5. The van der Waals surface area contributed by atoms with Crippen molar-refractivity contribution < 1.29 is 4.74 Å². The summed E-state index contributed by atoms with van der Waals surface area (Å²) in [5.41, 5.74) is 7.78. The molecule has 1 rings (SSSR count). The van der Waals surface area contributed by atoms with Gasteiger partial charge in [0.05, 0.1) is 12.4 Å². The smallest absolute Gasteiger partial charge is 0.122 e. The van der Waals surface area contributed by atoms with Gasteiger partial charge >= 0.3 is 0 Å². The summed E-state index contributed by atoms with van der Waals surface area (Å²) in [5, 5.41) is 7.14. The van der Waals surface area contributed by atoms with Gasteiger partial charge in [0.2, 0.25) is 0 Å². The molecule has 0 atom stereocenters. The third kappa shape index (κ3) is 4.78. The molecule has 0 aliphatic rings. The Labute approximate surface area is 110 Å². The number of aryl methyl sites for hydroxylation is 1. The van der Waals surface area contributed by atoms with Crippen molar-refractivity contribution in [2.45, 2.75) is 46.0 Å². The molecular weight excluding hydrogens is 224 g/mol. The van der Waals surface area contributed by atoms with Crippen molar-refractivity contribution in [1.82, 2.24) is 0 Å². The van der Waals surface area contributed by atoms with Crippen LogP contribution in [0.1, 0.15) is 50.2 Å². The Morgan fingerprint density at radius 1 is 1.33 bits per heavy atom. The predicted octanol–water partition coefficient (Wildman–Crippen LogP) is 3.60. The van der Waals surface area contributed by atoms with Crippen LogP contribution in [0.4, 0.5) is 0 Å². The van der Waals surface area contributed by atoms with Crippen LogP contribution in [0.25, 0.3) is 0 Å². The van der Waals surface area contributed by atoms with Crippen molar-refractivity contribution in [3.05, 3.63) is 29.3 Å². The van der Waals surface area contributed by atoms with Crippen LogP contribution in [0.5, 0.6) is 5.75 Å². The summed E-state index contributed by atoms with van der Waals surface area (Å²) in [5.74, 6) is 1.75. The van der Waals surface area contributed by atoms with Crippen LogP contribution in [0, 0.1) is 12.3 Å². The van der Waals surface area contributed by atoms with Gasteiger partial charge in [0.25, 0.3) is 0 Å². The summed E-state index contributed by atoms with van der Waals surface area (Å²) >= 11 is 0. The molecule has 3 nitrogen and oxygen atoms in total. The summed E-state index contributed by atoms with van der Waals surface area (Å²) in [7, 11) is 0. The molecule has 0 unspecified atom stereocenters. The number of amidine groups is 1. The minimum atomic E-state index is 0.257. The number of unbranched alkanes of at least 4 members (excludes halogenated alkanes) is 1. The van der Waals surface area contributed by atoms with E-state index in [0.29, 0.717) is 18.9 Å². The molecule has 3 heteroatoms. The Morgan fingerprint density at radius 2 is 2.06 bits per heavy atom. The van der Waals surface area contributed by atoms with Gasteiger partial charge in [0, 0.05) is 6.42 Å². The highest BCUT2D eigenvalue weighted by Crippen LogP contribution is 2.24. The van der Waals surface area contributed by atoms with Gasteiger partial charge in [-0.3, -0.25) is 5.41 Å². The lowest BCUT2D eigenvalue weighted by atomic mass is 10.0. The Hall–Kier alpha value is -1.51. The highest BCUT2D eigenvalue weighted by molar-refractivity contribution is 5.76. The van der Waals surface area contributed by atoms with Crippen molar-refractivity contribution in [3.8, 4) is 5.75 Å². The maximum atomic E-state index is 7.14. The molecule has 1 aromatic rings. The third-order valence-corrected chi connectivity index (χ3v) is 2.98. The SMILES string of the molecule is Cc1ccc(C(C)C)cc1OCCCCC(=N)N. The number of rotatable bonds is 7. The molecule has 0 saturated carbocycles. The minimum Gasteiger partial charge on any atom is -0.493 e. The van der Waals surface area contributed by atoms with Crippen LogP contribution in [0.15, 0.2) is 18.2 Å². The van der Waals surface area contributed by atoms with Gasteiger partial charge in [-0.15, -0.1) is 0 Å². The van der Waals surface area contributed by atoms with Gasteiger partial charge in [0.1, 0.15) is 5.75 Å². The van der Waals surface area contributed by atoms with E-state index >= 15 is 0 Å². The van der Waals surface area contributed by atoms with Crippen molar-refractivity contribution in [2.75, 3.05) is 6.61 Å². The number of hydrogen-bond donors (Lipinski definition) is 2. The van der Waals surface area contributed by atoms with Gasteiger partial charge in [0.15, 0.2) is 0 Å². The Bertz CT molecular complexity index is 399. The van der Waals surface area contributed by atoms with Crippen molar-refractivity contribution in [1.29, 1.82) is 5.41 Å². The molecule has 1 aromatic carbocycles. The lowest BCUT2D eigenvalue weighted by Crippen LogP contribution is -2.09. The summed E-state index contributed by atoms with van der Waals surface area (Å²) in [6.45, 7) is 7.12. The van der Waals surface area contributed by atoms with Gasteiger partial charge in [-0.1, -0.05) is 26.0 Å². The van der Waals surface area contributed by atoms with E-state index in [2.05, 4.69) is 39.0 Å². The van der Waals surface area contributed by atoms with Crippen molar-refractivity contribution >= 4 is 5.84 Å².